The second-order valence-corrected chi connectivity index (χ2v) is 7.62. The third kappa shape index (κ3) is 5.42. The van der Waals surface area contributed by atoms with Gasteiger partial charge >= 0.3 is 0 Å². The smallest absolute Gasteiger partial charge is 0.227 e. The normalized spacial score (nSPS) is 27.0. The van der Waals surface area contributed by atoms with Crippen molar-refractivity contribution < 1.29 is 14.3 Å². The Kier molecular flexibility index (Phi) is 7.11. The number of piperidine rings is 1. The molecule has 0 aliphatic carbocycles. The van der Waals surface area contributed by atoms with Crippen molar-refractivity contribution in [3.63, 3.8) is 0 Å². The van der Waals surface area contributed by atoms with E-state index in [9.17, 15) is 9.59 Å². The number of hydrogen-bond donors (Lipinski definition) is 0. The maximum Gasteiger partial charge on any atom is 0.227 e. The molecule has 3 fully saturated rings. The van der Waals surface area contributed by atoms with Crippen molar-refractivity contribution in [1.29, 1.82) is 0 Å². The zero-order chi connectivity index (χ0) is 17.5. The van der Waals surface area contributed by atoms with Crippen LogP contribution in [0.15, 0.2) is 0 Å². The molecule has 0 saturated carbocycles. The standard InChI is InChI=1S/C19H33N3O3/c23-18-7-6-17(19(24)21-8-4-2-1-3-5-9-21)16-22(18)11-10-20-12-14-25-15-13-20/h17H,1-16H2. The molecule has 1 atom stereocenters. The van der Waals surface area contributed by atoms with Crippen LogP contribution >= 0.6 is 0 Å². The summed E-state index contributed by atoms with van der Waals surface area (Å²) in [5.41, 5.74) is 0. The second kappa shape index (κ2) is 9.53. The minimum atomic E-state index is 0.00168. The molecular formula is C19H33N3O3. The van der Waals surface area contributed by atoms with E-state index in [1.807, 2.05) is 4.90 Å². The van der Waals surface area contributed by atoms with Crippen LogP contribution in [0.5, 0.6) is 0 Å². The Morgan fingerprint density at radius 1 is 0.960 bits per heavy atom. The Balaban J connectivity index is 1.49. The number of rotatable bonds is 4. The molecule has 0 spiro atoms. The zero-order valence-corrected chi connectivity index (χ0v) is 15.5. The van der Waals surface area contributed by atoms with Gasteiger partial charge in [-0.25, -0.2) is 0 Å². The average Bonchev–Trinajstić information content (AvgIpc) is 2.61. The molecule has 0 aromatic rings. The summed E-state index contributed by atoms with van der Waals surface area (Å²) in [6.45, 7) is 7.49. The first-order chi connectivity index (χ1) is 12.2. The van der Waals surface area contributed by atoms with E-state index in [0.29, 0.717) is 13.0 Å². The number of amides is 2. The number of hydrogen-bond acceptors (Lipinski definition) is 4. The number of ether oxygens (including phenoxy) is 1. The molecule has 0 aromatic carbocycles. The third-order valence-corrected chi connectivity index (χ3v) is 5.81. The van der Waals surface area contributed by atoms with Crippen LogP contribution in [0.25, 0.3) is 0 Å². The van der Waals surface area contributed by atoms with Crippen LogP contribution in [-0.4, -0.2) is 85.5 Å². The van der Waals surface area contributed by atoms with E-state index in [1.54, 1.807) is 0 Å². The Labute approximate surface area is 151 Å². The Morgan fingerprint density at radius 3 is 2.36 bits per heavy atom. The van der Waals surface area contributed by atoms with Crippen molar-refractivity contribution >= 4 is 11.8 Å². The summed E-state index contributed by atoms with van der Waals surface area (Å²) in [6.07, 6.45) is 7.26. The summed E-state index contributed by atoms with van der Waals surface area (Å²) >= 11 is 0. The van der Waals surface area contributed by atoms with E-state index in [1.165, 1.54) is 19.3 Å². The van der Waals surface area contributed by atoms with Gasteiger partial charge in [0.25, 0.3) is 0 Å². The zero-order valence-electron chi connectivity index (χ0n) is 15.5. The molecule has 0 bridgehead atoms. The van der Waals surface area contributed by atoms with Crippen molar-refractivity contribution in [3.8, 4) is 0 Å². The van der Waals surface area contributed by atoms with E-state index < -0.39 is 0 Å². The topological polar surface area (TPSA) is 53.1 Å². The first-order valence-corrected chi connectivity index (χ1v) is 10.1. The van der Waals surface area contributed by atoms with Crippen molar-refractivity contribution in [2.75, 3.05) is 59.0 Å². The van der Waals surface area contributed by atoms with Gasteiger partial charge in [-0.3, -0.25) is 14.5 Å². The molecule has 3 aliphatic rings. The van der Waals surface area contributed by atoms with Crippen LogP contribution in [0.4, 0.5) is 0 Å². The largest absolute Gasteiger partial charge is 0.379 e. The number of morpholine rings is 1. The molecule has 0 aromatic heterocycles. The Morgan fingerprint density at radius 2 is 1.64 bits per heavy atom. The molecule has 6 heteroatoms. The van der Waals surface area contributed by atoms with Crippen molar-refractivity contribution in [1.82, 2.24) is 14.7 Å². The Hall–Kier alpha value is -1.14. The van der Waals surface area contributed by atoms with Crippen molar-refractivity contribution in [2.24, 2.45) is 5.92 Å². The van der Waals surface area contributed by atoms with Crippen LogP contribution < -0.4 is 0 Å². The number of nitrogens with zero attached hydrogens (tertiary/aromatic N) is 3. The minimum Gasteiger partial charge on any atom is -0.379 e. The lowest BCUT2D eigenvalue weighted by molar-refractivity contribution is -0.143. The van der Waals surface area contributed by atoms with Crippen LogP contribution in [-0.2, 0) is 14.3 Å². The van der Waals surface area contributed by atoms with Crippen LogP contribution in [0.2, 0.25) is 0 Å². The molecule has 0 radical (unpaired) electrons. The maximum absolute atomic E-state index is 12.9. The quantitative estimate of drug-likeness (QED) is 0.767. The third-order valence-electron chi connectivity index (χ3n) is 5.81. The highest BCUT2D eigenvalue weighted by atomic mass is 16.5. The molecule has 3 heterocycles. The van der Waals surface area contributed by atoms with Crippen molar-refractivity contribution in [2.45, 2.75) is 44.9 Å². The highest BCUT2D eigenvalue weighted by Crippen LogP contribution is 2.21. The van der Waals surface area contributed by atoms with Crippen LogP contribution in [0.1, 0.15) is 44.9 Å². The van der Waals surface area contributed by atoms with Gasteiger partial charge in [0.15, 0.2) is 0 Å². The van der Waals surface area contributed by atoms with Crippen LogP contribution in [0.3, 0.4) is 0 Å². The highest BCUT2D eigenvalue weighted by Gasteiger charge is 2.32. The van der Waals surface area contributed by atoms with E-state index in [4.69, 9.17) is 4.74 Å². The fourth-order valence-electron chi connectivity index (χ4n) is 4.15. The van der Waals surface area contributed by atoms with Crippen molar-refractivity contribution in [3.05, 3.63) is 0 Å². The molecule has 6 nitrogen and oxygen atoms in total. The van der Waals surface area contributed by atoms with Gasteiger partial charge in [-0.15, -0.1) is 0 Å². The van der Waals surface area contributed by atoms with Gasteiger partial charge in [0.05, 0.1) is 19.1 Å². The van der Waals surface area contributed by atoms with Gasteiger partial charge in [-0.05, 0) is 19.3 Å². The number of likely N-dealkylation sites (tertiary alicyclic amines) is 2. The maximum atomic E-state index is 12.9. The summed E-state index contributed by atoms with van der Waals surface area (Å²) in [4.78, 5) is 31.5. The molecule has 2 amide bonds. The molecule has 142 valence electrons. The van der Waals surface area contributed by atoms with Gasteiger partial charge in [0.2, 0.25) is 11.8 Å². The fourth-order valence-corrected chi connectivity index (χ4v) is 4.15. The first kappa shape index (κ1) is 18.6. The number of carbonyl (C=O) groups is 2. The van der Waals surface area contributed by atoms with Gasteiger partial charge in [-0.2, -0.15) is 0 Å². The lowest BCUT2D eigenvalue weighted by atomic mass is 9.95. The fraction of sp³-hybridized carbons (Fsp3) is 0.895. The average molecular weight is 351 g/mol. The molecule has 0 N–H and O–H groups in total. The molecule has 3 saturated heterocycles. The van der Waals surface area contributed by atoms with Gasteiger partial charge in [-0.1, -0.05) is 19.3 Å². The molecule has 3 aliphatic heterocycles. The molecule has 3 rings (SSSR count). The second-order valence-electron chi connectivity index (χ2n) is 7.62. The van der Waals surface area contributed by atoms with E-state index in [-0.39, 0.29) is 17.7 Å². The van der Waals surface area contributed by atoms with Crippen LogP contribution in [0, 0.1) is 5.92 Å². The SMILES string of the molecule is O=C1CCC(C(=O)N2CCCCCCC2)CN1CCN1CCOCC1. The summed E-state index contributed by atoms with van der Waals surface area (Å²) in [5.74, 6) is 0.498. The lowest BCUT2D eigenvalue weighted by Gasteiger charge is -2.36. The lowest BCUT2D eigenvalue weighted by Crippen LogP contribution is -2.50. The first-order valence-electron chi connectivity index (χ1n) is 10.1. The minimum absolute atomic E-state index is 0.00168. The molecular weight excluding hydrogens is 318 g/mol. The Bertz CT molecular complexity index is 443. The summed E-state index contributed by atoms with van der Waals surface area (Å²) in [5, 5.41) is 0. The summed E-state index contributed by atoms with van der Waals surface area (Å²) in [7, 11) is 0. The van der Waals surface area contributed by atoms with E-state index in [0.717, 1.165) is 71.7 Å². The summed E-state index contributed by atoms with van der Waals surface area (Å²) < 4.78 is 5.38. The predicted octanol–water partition coefficient (Wildman–Crippen LogP) is 1.35. The molecule has 1 unspecified atom stereocenters. The van der Waals surface area contributed by atoms with E-state index >= 15 is 0 Å². The van der Waals surface area contributed by atoms with Gasteiger partial charge in [0.1, 0.15) is 0 Å². The summed E-state index contributed by atoms with van der Waals surface area (Å²) in [6, 6.07) is 0. The van der Waals surface area contributed by atoms with Gasteiger partial charge < -0.3 is 14.5 Å². The predicted molar refractivity (Wildman–Crippen MR) is 96.2 cm³/mol. The van der Waals surface area contributed by atoms with Gasteiger partial charge in [0, 0.05) is 52.2 Å². The highest BCUT2D eigenvalue weighted by molar-refractivity contribution is 5.83. The molecule has 25 heavy (non-hydrogen) atoms. The number of carbonyl (C=O) groups excluding carboxylic acids is 2. The van der Waals surface area contributed by atoms with E-state index in [2.05, 4.69) is 9.80 Å². The monoisotopic (exact) mass is 351 g/mol.